The van der Waals surface area contributed by atoms with Crippen LogP contribution >= 0.6 is 12.6 Å². The summed E-state index contributed by atoms with van der Waals surface area (Å²) < 4.78 is 0. The molecule has 1 aromatic rings. The molecule has 5 nitrogen and oxygen atoms in total. The molecule has 3 N–H and O–H groups in total. The molecule has 0 bridgehead atoms. The topological polar surface area (TPSA) is 84.7 Å². The summed E-state index contributed by atoms with van der Waals surface area (Å²) in [5.74, 6) is -0.242. The smallest absolute Gasteiger partial charge is 0.227 e. The normalized spacial score (nSPS) is 7.70. The van der Waals surface area contributed by atoms with Crippen LogP contribution < -0.4 is 5.73 Å². The van der Waals surface area contributed by atoms with E-state index >= 15 is 0 Å². The quantitative estimate of drug-likeness (QED) is 0.470. The Kier molecular flexibility index (Phi) is 5.45. The van der Waals surface area contributed by atoms with Crippen molar-refractivity contribution in [3.05, 3.63) is 12.7 Å². The SMILES string of the molecule is NC(=O)CS.c1nc[nH]n1. The number of carbonyl (C=O) groups excluding carboxylic acids is 1. The molecule has 1 aromatic heterocycles. The minimum atomic E-state index is -0.381. The molecule has 0 saturated heterocycles. The van der Waals surface area contributed by atoms with Crippen LogP contribution in [0.5, 0.6) is 0 Å². The number of carbonyl (C=O) groups is 1. The van der Waals surface area contributed by atoms with Gasteiger partial charge in [0.25, 0.3) is 0 Å². The van der Waals surface area contributed by atoms with Gasteiger partial charge in [0.05, 0.1) is 5.75 Å². The molecular formula is C4H8N4OS. The third kappa shape index (κ3) is 6.96. The second-order valence-electron chi connectivity index (χ2n) is 1.28. The van der Waals surface area contributed by atoms with Gasteiger partial charge in [0, 0.05) is 0 Å². The highest BCUT2D eigenvalue weighted by atomic mass is 32.1. The highest BCUT2D eigenvalue weighted by Crippen LogP contribution is 1.63. The van der Waals surface area contributed by atoms with Crippen LogP contribution in [0.4, 0.5) is 0 Å². The van der Waals surface area contributed by atoms with Gasteiger partial charge in [0.15, 0.2) is 0 Å². The number of hydrogen-bond donors (Lipinski definition) is 3. The third-order valence-electron chi connectivity index (χ3n) is 0.487. The number of amides is 1. The molecule has 0 spiro atoms. The van der Waals surface area contributed by atoms with Crippen LogP contribution in [0.2, 0.25) is 0 Å². The maximum atomic E-state index is 9.51. The zero-order valence-corrected chi connectivity index (χ0v) is 6.08. The lowest BCUT2D eigenvalue weighted by Gasteiger charge is -1.72. The van der Waals surface area contributed by atoms with Gasteiger partial charge in [-0.3, -0.25) is 9.89 Å². The first-order valence-electron chi connectivity index (χ1n) is 2.45. The van der Waals surface area contributed by atoms with E-state index in [1.165, 1.54) is 12.7 Å². The predicted molar refractivity (Wildman–Crippen MR) is 39.4 cm³/mol. The largest absolute Gasteiger partial charge is 0.369 e. The zero-order chi connectivity index (χ0) is 7.82. The van der Waals surface area contributed by atoms with Crippen LogP contribution in [0.1, 0.15) is 0 Å². The average molecular weight is 160 g/mol. The maximum Gasteiger partial charge on any atom is 0.227 e. The Morgan fingerprint density at radius 2 is 2.40 bits per heavy atom. The maximum absolute atomic E-state index is 9.51. The van der Waals surface area contributed by atoms with Gasteiger partial charge >= 0.3 is 0 Å². The van der Waals surface area contributed by atoms with Crippen LogP contribution in [0.15, 0.2) is 12.7 Å². The fourth-order valence-electron chi connectivity index (χ4n) is 0.167. The Bertz CT molecular complexity index is 147. The highest BCUT2D eigenvalue weighted by molar-refractivity contribution is 7.81. The molecule has 0 unspecified atom stereocenters. The number of nitrogens with two attached hydrogens (primary N) is 1. The van der Waals surface area contributed by atoms with E-state index in [9.17, 15) is 4.79 Å². The van der Waals surface area contributed by atoms with Crippen molar-refractivity contribution < 1.29 is 4.79 Å². The number of H-pyrrole nitrogens is 1. The number of rotatable bonds is 1. The van der Waals surface area contributed by atoms with E-state index in [1.807, 2.05) is 0 Å². The van der Waals surface area contributed by atoms with Crippen molar-refractivity contribution in [2.75, 3.05) is 5.75 Å². The first-order valence-corrected chi connectivity index (χ1v) is 3.08. The Labute approximate surface area is 63.4 Å². The summed E-state index contributed by atoms with van der Waals surface area (Å²) in [4.78, 5) is 13.1. The Morgan fingerprint density at radius 1 is 1.80 bits per heavy atom. The van der Waals surface area contributed by atoms with Crippen LogP contribution in [-0.4, -0.2) is 26.8 Å². The molecule has 6 heteroatoms. The van der Waals surface area contributed by atoms with Gasteiger partial charge in [-0.25, -0.2) is 4.98 Å². The van der Waals surface area contributed by atoms with Crippen molar-refractivity contribution in [2.24, 2.45) is 5.73 Å². The van der Waals surface area contributed by atoms with E-state index in [4.69, 9.17) is 0 Å². The number of aromatic amines is 1. The van der Waals surface area contributed by atoms with Gasteiger partial charge in [-0.15, -0.1) is 0 Å². The molecule has 0 aromatic carbocycles. The van der Waals surface area contributed by atoms with E-state index in [1.54, 1.807) is 0 Å². The van der Waals surface area contributed by atoms with Crippen molar-refractivity contribution in [1.29, 1.82) is 0 Å². The second kappa shape index (κ2) is 6.09. The Morgan fingerprint density at radius 3 is 2.50 bits per heavy atom. The number of nitrogens with one attached hydrogen (secondary N) is 1. The Balaban J connectivity index is 0.000000162. The summed E-state index contributed by atoms with van der Waals surface area (Å²) in [6, 6.07) is 0. The van der Waals surface area contributed by atoms with Gasteiger partial charge in [-0.05, 0) is 0 Å². The van der Waals surface area contributed by atoms with E-state index < -0.39 is 0 Å². The predicted octanol–water partition coefficient (Wildman–Crippen LogP) is -0.794. The fourth-order valence-corrected chi connectivity index (χ4v) is 0.167. The molecule has 1 heterocycles. The molecule has 0 aliphatic rings. The number of primary amides is 1. The van der Waals surface area contributed by atoms with Crippen LogP contribution in [0, 0.1) is 0 Å². The van der Waals surface area contributed by atoms with E-state index in [0.717, 1.165) is 0 Å². The lowest BCUT2D eigenvalue weighted by Crippen LogP contribution is -2.10. The fraction of sp³-hybridized carbons (Fsp3) is 0.250. The van der Waals surface area contributed by atoms with Crippen molar-refractivity contribution in [3.63, 3.8) is 0 Å². The van der Waals surface area contributed by atoms with E-state index in [2.05, 4.69) is 33.5 Å². The summed E-state index contributed by atoms with van der Waals surface area (Å²) in [6.07, 6.45) is 2.96. The van der Waals surface area contributed by atoms with Gasteiger partial charge in [-0.2, -0.15) is 17.7 Å². The van der Waals surface area contributed by atoms with Crippen LogP contribution in [0.3, 0.4) is 0 Å². The van der Waals surface area contributed by atoms with Crippen molar-refractivity contribution in [1.82, 2.24) is 15.2 Å². The molecule has 1 rings (SSSR count). The highest BCUT2D eigenvalue weighted by Gasteiger charge is 1.78. The number of aromatic nitrogens is 3. The number of nitrogens with zero attached hydrogens (tertiary/aromatic N) is 2. The van der Waals surface area contributed by atoms with Gasteiger partial charge in [-0.1, -0.05) is 0 Å². The molecule has 0 aliphatic carbocycles. The van der Waals surface area contributed by atoms with E-state index in [-0.39, 0.29) is 11.7 Å². The summed E-state index contributed by atoms with van der Waals surface area (Å²) in [6.45, 7) is 0. The minimum Gasteiger partial charge on any atom is -0.369 e. The first kappa shape index (κ1) is 8.96. The molecule has 10 heavy (non-hydrogen) atoms. The second-order valence-corrected chi connectivity index (χ2v) is 1.59. The molecule has 0 radical (unpaired) electrons. The molecule has 0 atom stereocenters. The lowest BCUT2D eigenvalue weighted by molar-refractivity contribution is -0.115. The number of thiol groups is 1. The van der Waals surface area contributed by atoms with Crippen molar-refractivity contribution in [2.45, 2.75) is 0 Å². The van der Waals surface area contributed by atoms with Crippen molar-refractivity contribution in [3.8, 4) is 0 Å². The summed E-state index contributed by atoms with van der Waals surface area (Å²) >= 11 is 3.54. The molecule has 56 valence electrons. The van der Waals surface area contributed by atoms with Gasteiger partial charge < -0.3 is 5.73 Å². The Hall–Kier alpha value is -1.04. The minimum absolute atomic E-state index is 0.139. The molecule has 1 amide bonds. The summed E-state index contributed by atoms with van der Waals surface area (Å²) in [5.41, 5.74) is 4.58. The standard InChI is InChI=1S/C2H3N3.C2H5NOS/c1-3-2-5-4-1;3-2(4)1-5/h1-2H,(H,3,4,5);5H,1H2,(H2,3,4). The third-order valence-corrected chi connectivity index (χ3v) is 0.799. The molecular weight excluding hydrogens is 152 g/mol. The molecule has 0 saturated carbocycles. The van der Waals surface area contributed by atoms with Crippen LogP contribution in [-0.2, 0) is 4.79 Å². The van der Waals surface area contributed by atoms with E-state index in [0.29, 0.717) is 0 Å². The van der Waals surface area contributed by atoms with Gasteiger partial charge in [0.1, 0.15) is 12.7 Å². The van der Waals surface area contributed by atoms with Crippen LogP contribution in [0.25, 0.3) is 0 Å². The summed E-state index contributed by atoms with van der Waals surface area (Å²) in [7, 11) is 0. The monoisotopic (exact) mass is 160 g/mol. The average Bonchev–Trinajstić information content (AvgIpc) is 2.43. The first-order chi connectivity index (χ1) is 4.77. The summed E-state index contributed by atoms with van der Waals surface area (Å²) in [5, 5.41) is 5.99. The van der Waals surface area contributed by atoms with Crippen molar-refractivity contribution >= 4 is 18.5 Å². The molecule has 0 fully saturated rings. The number of hydrogen-bond acceptors (Lipinski definition) is 4. The lowest BCUT2D eigenvalue weighted by atomic mass is 10.8. The zero-order valence-electron chi connectivity index (χ0n) is 5.19. The van der Waals surface area contributed by atoms with Gasteiger partial charge in [0.2, 0.25) is 5.91 Å². The molecule has 0 aliphatic heterocycles.